The van der Waals surface area contributed by atoms with Gasteiger partial charge in [0.15, 0.2) is 5.78 Å². The van der Waals surface area contributed by atoms with Gasteiger partial charge in [-0.25, -0.2) is 9.37 Å². The number of hydrogen-bond donors (Lipinski definition) is 3. The first kappa shape index (κ1) is 23.0. The summed E-state index contributed by atoms with van der Waals surface area (Å²) in [6.45, 7) is 3.00. The summed E-state index contributed by atoms with van der Waals surface area (Å²) < 4.78 is 16.5. The number of nitrogens with one attached hydrogen (secondary N) is 1. The highest BCUT2D eigenvalue weighted by atomic mass is 19.1. The minimum absolute atomic E-state index is 0.101. The summed E-state index contributed by atoms with van der Waals surface area (Å²) in [5.74, 6) is -1.20. The molecule has 3 heterocycles. The second-order valence-electron chi connectivity index (χ2n) is 9.98. The number of aryl methyl sites for hydroxylation is 1. The van der Waals surface area contributed by atoms with Crippen molar-refractivity contribution in [2.75, 3.05) is 6.61 Å². The van der Waals surface area contributed by atoms with E-state index in [4.69, 9.17) is 4.98 Å². The Morgan fingerprint density at radius 3 is 2.72 bits per heavy atom. The smallest absolute Gasteiger partial charge is 0.254 e. The summed E-state index contributed by atoms with van der Waals surface area (Å²) in [6, 6.07) is 2.62. The molecule has 0 spiro atoms. The van der Waals surface area contributed by atoms with Gasteiger partial charge < -0.3 is 20.1 Å². The van der Waals surface area contributed by atoms with Crippen molar-refractivity contribution in [2.24, 2.45) is 0 Å². The van der Waals surface area contributed by atoms with E-state index in [1.54, 1.807) is 24.5 Å². The van der Waals surface area contributed by atoms with Crippen LogP contribution < -0.4 is 10.9 Å². The standard InChI is InChI=1S/C27H26FN3O5/c1-3-27(36)16-8-20-25-15(10-31(20)26(35)14(16)5-7-21(27)33)24-18(29-22(34)11-32)6-4-13-12(2)17(28)9-19(30-25)23(13)24/h8-9,18,32,36H,3-7,10-11H2,1-2H3,(H,29,34)/t18-,27+/m1/s1. The zero-order valence-electron chi connectivity index (χ0n) is 20.1. The number of carbonyl (C=O) groups is 2. The lowest BCUT2D eigenvalue weighted by molar-refractivity contribution is -0.140. The minimum atomic E-state index is -1.73. The van der Waals surface area contributed by atoms with E-state index in [2.05, 4.69) is 5.32 Å². The quantitative estimate of drug-likeness (QED) is 0.404. The number of rotatable bonds is 3. The van der Waals surface area contributed by atoms with E-state index in [0.29, 0.717) is 46.4 Å². The lowest BCUT2D eigenvalue weighted by atomic mass is 9.77. The van der Waals surface area contributed by atoms with E-state index in [-0.39, 0.29) is 43.0 Å². The normalized spacial score (nSPS) is 21.8. The van der Waals surface area contributed by atoms with Crippen LogP contribution in [0.25, 0.3) is 22.3 Å². The number of carbonyl (C=O) groups excluding carboxylic acids is 2. The Hall–Kier alpha value is -3.43. The van der Waals surface area contributed by atoms with Crippen LogP contribution in [0.1, 0.15) is 65.6 Å². The average molecular weight is 492 g/mol. The van der Waals surface area contributed by atoms with Crippen LogP contribution in [-0.2, 0) is 34.6 Å². The number of Topliss-reactive ketones (excluding diaryl/α,β-unsaturated/α-hetero) is 1. The molecular formula is C27H26FN3O5. The number of halogens is 1. The number of aliphatic hydroxyl groups excluding tert-OH is 1. The molecule has 2 atom stereocenters. The van der Waals surface area contributed by atoms with Gasteiger partial charge in [0.05, 0.1) is 29.5 Å². The molecule has 0 bridgehead atoms. The Balaban J connectivity index is 1.66. The molecule has 36 heavy (non-hydrogen) atoms. The molecule has 3 N–H and O–H groups in total. The predicted octanol–water partition coefficient (Wildman–Crippen LogP) is 2.08. The van der Waals surface area contributed by atoms with Crippen molar-refractivity contribution in [3.63, 3.8) is 0 Å². The van der Waals surface area contributed by atoms with Gasteiger partial charge in [0, 0.05) is 34.6 Å². The van der Waals surface area contributed by atoms with Crippen LogP contribution in [0, 0.1) is 12.7 Å². The first-order valence-electron chi connectivity index (χ1n) is 12.3. The van der Waals surface area contributed by atoms with Crippen molar-refractivity contribution >= 4 is 22.6 Å². The Morgan fingerprint density at radius 1 is 1.22 bits per heavy atom. The van der Waals surface area contributed by atoms with Crippen LogP contribution in [0.15, 0.2) is 16.9 Å². The maximum atomic E-state index is 14.9. The van der Waals surface area contributed by atoms with Crippen molar-refractivity contribution < 1.29 is 24.2 Å². The number of aromatic nitrogens is 2. The van der Waals surface area contributed by atoms with E-state index in [9.17, 15) is 29.0 Å². The van der Waals surface area contributed by atoms with Gasteiger partial charge in [-0.1, -0.05) is 6.92 Å². The number of ketones is 1. The molecule has 6 rings (SSSR count). The molecule has 186 valence electrons. The summed E-state index contributed by atoms with van der Waals surface area (Å²) >= 11 is 0. The van der Waals surface area contributed by atoms with Crippen LogP contribution in [0.3, 0.4) is 0 Å². The van der Waals surface area contributed by atoms with E-state index in [0.717, 1.165) is 22.1 Å². The molecule has 1 aliphatic heterocycles. The van der Waals surface area contributed by atoms with E-state index in [1.165, 1.54) is 6.07 Å². The minimum Gasteiger partial charge on any atom is -0.387 e. The fraction of sp³-hybridized carbons (Fsp3) is 0.407. The second kappa shape index (κ2) is 7.78. The summed E-state index contributed by atoms with van der Waals surface area (Å²) in [4.78, 5) is 43.2. The van der Waals surface area contributed by atoms with Gasteiger partial charge in [0.2, 0.25) is 5.91 Å². The first-order chi connectivity index (χ1) is 17.2. The topological polar surface area (TPSA) is 122 Å². The Bertz CT molecular complexity index is 1580. The molecule has 3 aromatic rings. The molecule has 2 aliphatic carbocycles. The molecule has 1 amide bonds. The highest BCUT2D eigenvalue weighted by Gasteiger charge is 2.43. The van der Waals surface area contributed by atoms with Crippen molar-refractivity contribution in [3.05, 3.63) is 61.7 Å². The van der Waals surface area contributed by atoms with Crippen molar-refractivity contribution in [1.82, 2.24) is 14.9 Å². The number of amides is 1. The van der Waals surface area contributed by atoms with Crippen LogP contribution in [-0.4, -0.2) is 38.1 Å². The van der Waals surface area contributed by atoms with Crippen LogP contribution in [0.5, 0.6) is 0 Å². The summed E-state index contributed by atoms with van der Waals surface area (Å²) in [5, 5.41) is 24.2. The molecule has 8 nitrogen and oxygen atoms in total. The molecule has 0 radical (unpaired) electrons. The lowest BCUT2D eigenvalue weighted by Gasteiger charge is -2.32. The zero-order chi connectivity index (χ0) is 25.5. The lowest BCUT2D eigenvalue weighted by Crippen LogP contribution is -2.43. The molecule has 3 aliphatic rings. The van der Waals surface area contributed by atoms with Gasteiger partial charge >= 0.3 is 0 Å². The SMILES string of the molecule is CC[C@@]1(O)C(=O)CCc2c1cc1n(c2=O)Cc2c-1nc1cc(F)c(C)c3c1c2[C@H](NC(=O)CO)CC3. The van der Waals surface area contributed by atoms with Crippen LogP contribution in [0.4, 0.5) is 4.39 Å². The van der Waals surface area contributed by atoms with Crippen molar-refractivity contribution in [1.29, 1.82) is 0 Å². The Labute approximate surface area is 205 Å². The largest absolute Gasteiger partial charge is 0.387 e. The fourth-order valence-electron chi connectivity index (χ4n) is 6.32. The average Bonchev–Trinajstić information content (AvgIpc) is 3.24. The molecule has 2 aromatic heterocycles. The number of aliphatic hydroxyl groups is 2. The van der Waals surface area contributed by atoms with Gasteiger partial charge in [-0.15, -0.1) is 0 Å². The van der Waals surface area contributed by atoms with Gasteiger partial charge in [-0.3, -0.25) is 14.4 Å². The number of hydrogen-bond acceptors (Lipinski definition) is 6. The molecular weight excluding hydrogens is 465 g/mol. The number of benzene rings is 1. The third kappa shape index (κ3) is 2.93. The molecule has 0 saturated heterocycles. The third-order valence-corrected chi connectivity index (χ3v) is 8.23. The van der Waals surface area contributed by atoms with Crippen LogP contribution >= 0.6 is 0 Å². The number of fused-ring (bicyclic) bond motifs is 5. The number of nitrogens with zero attached hydrogens (tertiary/aromatic N) is 2. The monoisotopic (exact) mass is 491 g/mol. The first-order valence-corrected chi connectivity index (χ1v) is 12.3. The highest BCUT2D eigenvalue weighted by molar-refractivity contribution is 5.94. The molecule has 1 aromatic carbocycles. The van der Waals surface area contributed by atoms with Crippen molar-refractivity contribution in [3.8, 4) is 11.4 Å². The maximum absolute atomic E-state index is 14.9. The second-order valence-corrected chi connectivity index (χ2v) is 9.98. The zero-order valence-corrected chi connectivity index (χ0v) is 20.1. The third-order valence-electron chi connectivity index (χ3n) is 8.23. The van der Waals surface area contributed by atoms with Crippen molar-refractivity contribution in [2.45, 2.75) is 64.1 Å². The summed E-state index contributed by atoms with van der Waals surface area (Å²) in [7, 11) is 0. The van der Waals surface area contributed by atoms with E-state index in [1.807, 2.05) is 0 Å². The van der Waals surface area contributed by atoms with Gasteiger partial charge in [-0.2, -0.15) is 0 Å². The molecule has 0 saturated carbocycles. The van der Waals surface area contributed by atoms with Crippen LogP contribution in [0.2, 0.25) is 0 Å². The summed E-state index contributed by atoms with van der Waals surface area (Å²) in [5.41, 5.74) is 3.02. The van der Waals surface area contributed by atoms with E-state index < -0.39 is 24.2 Å². The Kier molecular flexibility index (Phi) is 4.97. The molecule has 0 unspecified atom stereocenters. The Morgan fingerprint density at radius 2 is 2.00 bits per heavy atom. The maximum Gasteiger partial charge on any atom is 0.254 e. The molecule has 9 heteroatoms. The van der Waals surface area contributed by atoms with E-state index >= 15 is 0 Å². The predicted molar refractivity (Wildman–Crippen MR) is 129 cm³/mol. The van der Waals surface area contributed by atoms with Gasteiger partial charge in [0.1, 0.15) is 18.0 Å². The molecule has 0 fully saturated rings. The fourth-order valence-corrected chi connectivity index (χ4v) is 6.32. The summed E-state index contributed by atoms with van der Waals surface area (Å²) in [6.07, 6.45) is 1.56. The highest BCUT2D eigenvalue weighted by Crippen LogP contribution is 2.46. The van der Waals surface area contributed by atoms with Gasteiger partial charge in [0.25, 0.3) is 5.56 Å². The van der Waals surface area contributed by atoms with Gasteiger partial charge in [-0.05, 0) is 55.4 Å². The number of pyridine rings is 2.